The third-order valence-electron chi connectivity index (χ3n) is 3.57. The molecule has 5 nitrogen and oxygen atoms in total. The highest BCUT2D eigenvalue weighted by Crippen LogP contribution is 2.30. The standard InChI is InChI=1S/C20H27N3O2S/c1-4-24-16-10-12-17(13-11-16)25-19-9-6-5-8-18(19)22-20(26)21-14-7-15-23(2)3/h5-6,8-13H,4,7,14-15H2,1-3H3,(H2,21,22,26). The lowest BCUT2D eigenvalue weighted by atomic mass is 10.3. The zero-order chi connectivity index (χ0) is 18.8. The first-order chi connectivity index (χ1) is 12.6. The van der Waals surface area contributed by atoms with Gasteiger partial charge >= 0.3 is 0 Å². The van der Waals surface area contributed by atoms with Gasteiger partial charge in [0.2, 0.25) is 0 Å². The Bertz CT molecular complexity index is 690. The highest BCUT2D eigenvalue weighted by Gasteiger charge is 2.06. The molecule has 2 aromatic rings. The molecule has 0 amide bonds. The fourth-order valence-corrected chi connectivity index (χ4v) is 2.53. The second kappa shape index (κ2) is 10.6. The van der Waals surface area contributed by atoms with Crippen molar-refractivity contribution in [1.82, 2.24) is 10.2 Å². The van der Waals surface area contributed by atoms with E-state index in [9.17, 15) is 0 Å². The molecule has 0 aromatic heterocycles. The Morgan fingerprint density at radius 3 is 2.42 bits per heavy atom. The lowest BCUT2D eigenvalue weighted by Crippen LogP contribution is -2.31. The molecule has 0 bridgehead atoms. The molecular weight excluding hydrogens is 346 g/mol. The van der Waals surface area contributed by atoms with Crippen molar-refractivity contribution in [2.45, 2.75) is 13.3 Å². The molecule has 2 N–H and O–H groups in total. The monoisotopic (exact) mass is 373 g/mol. The first-order valence-electron chi connectivity index (χ1n) is 8.78. The van der Waals surface area contributed by atoms with Gasteiger partial charge in [-0.05, 0) is 82.6 Å². The molecule has 26 heavy (non-hydrogen) atoms. The number of benzene rings is 2. The third-order valence-corrected chi connectivity index (χ3v) is 3.81. The van der Waals surface area contributed by atoms with Crippen molar-refractivity contribution >= 4 is 23.0 Å². The lowest BCUT2D eigenvalue weighted by molar-refractivity contribution is 0.339. The average molecular weight is 374 g/mol. The molecule has 0 aliphatic heterocycles. The first kappa shape index (κ1) is 20.0. The van der Waals surface area contributed by atoms with Gasteiger partial charge in [0.05, 0.1) is 12.3 Å². The topological polar surface area (TPSA) is 45.8 Å². The van der Waals surface area contributed by atoms with E-state index in [4.69, 9.17) is 21.7 Å². The van der Waals surface area contributed by atoms with Crippen LogP contribution in [0.2, 0.25) is 0 Å². The zero-order valence-electron chi connectivity index (χ0n) is 15.6. The first-order valence-corrected chi connectivity index (χ1v) is 9.18. The summed E-state index contributed by atoms with van der Waals surface area (Å²) in [6, 6.07) is 15.3. The van der Waals surface area contributed by atoms with Gasteiger partial charge < -0.3 is 25.0 Å². The van der Waals surface area contributed by atoms with E-state index in [-0.39, 0.29) is 0 Å². The van der Waals surface area contributed by atoms with Crippen LogP contribution in [0.25, 0.3) is 0 Å². The largest absolute Gasteiger partial charge is 0.494 e. The number of ether oxygens (including phenoxy) is 2. The summed E-state index contributed by atoms with van der Waals surface area (Å²) < 4.78 is 11.4. The van der Waals surface area contributed by atoms with Crippen LogP contribution >= 0.6 is 12.2 Å². The minimum absolute atomic E-state index is 0.589. The van der Waals surface area contributed by atoms with Crippen LogP contribution in [0, 0.1) is 0 Å². The molecular formula is C20H27N3O2S. The number of hydrogen-bond acceptors (Lipinski definition) is 4. The Morgan fingerprint density at radius 1 is 1.04 bits per heavy atom. The van der Waals surface area contributed by atoms with E-state index in [1.165, 1.54) is 0 Å². The van der Waals surface area contributed by atoms with Crippen LogP contribution in [-0.2, 0) is 0 Å². The molecule has 0 atom stereocenters. The highest BCUT2D eigenvalue weighted by atomic mass is 32.1. The average Bonchev–Trinajstić information content (AvgIpc) is 2.62. The number of nitrogens with zero attached hydrogens (tertiary/aromatic N) is 1. The lowest BCUT2D eigenvalue weighted by Gasteiger charge is -2.15. The number of thiocarbonyl (C=S) groups is 1. The van der Waals surface area contributed by atoms with Gasteiger partial charge in [0.15, 0.2) is 10.9 Å². The van der Waals surface area contributed by atoms with E-state index >= 15 is 0 Å². The van der Waals surface area contributed by atoms with Gasteiger partial charge in [0.1, 0.15) is 11.5 Å². The second-order valence-corrected chi connectivity index (χ2v) is 6.45. The van der Waals surface area contributed by atoms with E-state index < -0.39 is 0 Å². The van der Waals surface area contributed by atoms with Gasteiger partial charge in [-0.2, -0.15) is 0 Å². The van der Waals surface area contributed by atoms with Gasteiger partial charge in [0, 0.05) is 6.54 Å². The Balaban J connectivity index is 1.93. The summed E-state index contributed by atoms with van der Waals surface area (Å²) in [7, 11) is 4.12. The molecule has 2 aromatic carbocycles. The molecule has 0 saturated heterocycles. The Hall–Kier alpha value is -2.31. The molecule has 0 unspecified atom stereocenters. The molecule has 0 fully saturated rings. The Labute approximate surface area is 161 Å². The molecule has 140 valence electrons. The summed E-state index contributed by atoms with van der Waals surface area (Å²) in [6.07, 6.45) is 1.03. The van der Waals surface area contributed by atoms with Gasteiger partial charge in [-0.3, -0.25) is 0 Å². The van der Waals surface area contributed by atoms with Crippen molar-refractivity contribution in [3.8, 4) is 17.2 Å². The molecule has 0 saturated carbocycles. The van der Waals surface area contributed by atoms with Crippen LogP contribution in [0.4, 0.5) is 5.69 Å². The van der Waals surface area contributed by atoms with E-state index in [1.807, 2.05) is 55.5 Å². The van der Waals surface area contributed by atoms with Crippen LogP contribution in [0.15, 0.2) is 48.5 Å². The molecule has 0 heterocycles. The second-order valence-electron chi connectivity index (χ2n) is 6.04. The van der Waals surface area contributed by atoms with Crippen LogP contribution in [0.5, 0.6) is 17.2 Å². The fourth-order valence-electron chi connectivity index (χ4n) is 2.32. The maximum absolute atomic E-state index is 5.99. The maximum atomic E-state index is 5.99. The summed E-state index contributed by atoms with van der Waals surface area (Å²) in [6.45, 7) is 4.45. The number of anilines is 1. The van der Waals surface area contributed by atoms with Crippen LogP contribution in [0.3, 0.4) is 0 Å². The molecule has 0 spiro atoms. The molecule has 6 heteroatoms. The number of rotatable bonds is 9. The normalized spacial score (nSPS) is 10.5. The molecule has 0 aliphatic carbocycles. The zero-order valence-corrected chi connectivity index (χ0v) is 16.4. The Morgan fingerprint density at radius 2 is 1.73 bits per heavy atom. The summed E-state index contributed by atoms with van der Waals surface area (Å²) in [5.41, 5.74) is 0.825. The predicted molar refractivity (Wildman–Crippen MR) is 112 cm³/mol. The SMILES string of the molecule is CCOc1ccc(Oc2ccccc2NC(=S)NCCCN(C)C)cc1. The van der Waals surface area contributed by atoms with E-state index in [2.05, 4.69) is 29.6 Å². The van der Waals surface area contributed by atoms with Crippen molar-refractivity contribution in [3.63, 3.8) is 0 Å². The van der Waals surface area contributed by atoms with E-state index in [0.717, 1.165) is 36.7 Å². The van der Waals surface area contributed by atoms with Crippen molar-refractivity contribution < 1.29 is 9.47 Å². The molecule has 0 aliphatic rings. The Kier molecular flexibility index (Phi) is 8.18. The number of para-hydroxylation sites is 2. The molecule has 0 radical (unpaired) electrons. The van der Waals surface area contributed by atoms with E-state index in [1.54, 1.807) is 0 Å². The van der Waals surface area contributed by atoms with Crippen molar-refractivity contribution in [2.75, 3.05) is 39.1 Å². The van der Waals surface area contributed by atoms with Gasteiger partial charge in [-0.15, -0.1) is 0 Å². The quantitative estimate of drug-likeness (QED) is 0.509. The summed E-state index contributed by atoms with van der Waals surface area (Å²) >= 11 is 5.38. The van der Waals surface area contributed by atoms with Crippen molar-refractivity contribution in [2.24, 2.45) is 0 Å². The number of hydrogen-bond donors (Lipinski definition) is 2. The summed E-state index contributed by atoms with van der Waals surface area (Å²) in [5.74, 6) is 2.29. The maximum Gasteiger partial charge on any atom is 0.170 e. The highest BCUT2D eigenvalue weighted by molar-refractivity contribution is 7.80. The summed E-state index contributed by atoms with van der Waals surface area (Å²) in [5, 5.41) is 7.02. The van der Waals surface area contributed by atoms with Crippen molar-refractivity contribution in [3.05, 3.63) is 48.5 Å². The number of nitrogens with one attached hydrogen (secondary N) is 2. The fraction of sp³-hybridized carbons (Fsp3) is 0.350. The summed E-state index contributed by atoms with van der Waals surface area (Å²) in [4.78, 5) is 2.15. The van der Waals surface area contributed by atoms with Crippen LogP contribution in [-0.4, -0.2) is 43.8 Å². The van der Waals surface area contributed by atoms with Crippen molar-refractivity contribution in [1.29, 1.82) is 0 Å². The van der Waals surface area contributed by atoms with E-state index in [0.29, 0.717) is 17.5 Å². The minimum atomic E-state index is 0.589. The molecule has 2 rings (SSSR count). The predicted octanol–water partition coefficient (Wildman–Crippen LogP) is 4.12. The van der Waals surface area contributed by atoms with Gasteiger partial charge in [-0.25, -0.2) is 0 Å². The third kappa shape index (κ3) is 6.90. The minimum Gasteiger partial charge on any atom is -0.494 e. The smallest absolute Gasteiger partial charge is 0.170 e. The van der Waals surface area contributed by atoms with Gasteiger partial charge in [0.25, 0.3) is 0 Å². The van der Waals surface area contributed by atoms with Crippen LogP contribution < -0.4 is 20.1 Å². The van der Waals surface area contributed by atoms with Gasteiger partial charge in [-0.1, -0.05) is 12.1 Å². The van der Waals surface area contributed by atoms with Crippen LogP contribution in [0.1, 0.15) is 13.3 Å².